The first-order chi connectivity index (χ1) is 10.3. The maximum atomic E-state index is 5.78. The second kappa shape index (κ2) is 8.09. The van der Waals surface area contributed by atoms with E-state index < -0.39 is 0 Å². The molecule has 0 fully saturated rings. The topological polar surface area (TPSA) is 73.1 Å². The van der Waals surface area contributed by atoms with Crippen LogP contribution in [0.5, 0.6) is 5.75 Å². The first-order valence-electron chi connectivity index (χ1n) is 7.32. The van der Waals surface area contributed by atoms with Crippen molar-refractivity contribution < 1.29 is 4.74 Å². The molecule has 1 heterocycles. The lowest BCUT2D eigenvalue weighted by atomic mass is 10.2. The van der Waals surface area contributed by atoms with Gasteiger partial charge in [-0.3, -0.25) is 0 Å². The summed E-state index contributed by atoms with van der Waals surface area (Å²) in [5.74, 6) is 1.57. The third-order valence-electron chi connectivity index (χ3n) is 3.09. The summed E-state index contributed by atoms with van der Waals surface area (Å²) in [6.07, 6.45) is 4.67. The van der Waals surface area contributed by atoms with Crippen LogP contribution in [0, 0.1) is 0 Å². The quantitative estimate of drug-likeness (QED) is 0.730. The van der Waals surface area contributed by atoms with Gasteiger partial charge in [-0.2, -0.15) is 4.98 Å². The van der Waals surface area contributed by atoms with Gasteiger partial charge < -0.3 is 15.8 Å². The highest BCUT2D eigenvalue weighted by Gasteiger charge is 2.07. The van der Waals surface area contributed by atoms with Crippen molar-refractivity contribution in [2.75, 3.05) is 24.2 Å². The lowest BCUT2D eigenvalue weighted by molar-refractivity contribution is 0.321. The van der Waals surface area contributed by atoms with Gasteiger partial charge in [0, 0.05) is 13.0 Å². The minimum atomic E-state index is 0.254. The summed E-state index contributed by atoms with van der Waals surface area (Å²) in [6.45, 7) is 3.58. The number of nitrogens with zero attached hydrogens (tertiary/aromatic N) is 2. The van der Waals surface area contributed by atoms with Gasteiger partial charge in [-0.15, -0.1) is 0 Å². The zero-order valence-corrected chi connectivity index (χ0v) is 12.4. The fraction of sp³-hybridized carbons (Fsp3) is 0.375. The van der Waals surface area contributed by atoms with Crippen molar-refractivity contribution in [3.63, 3.8) is 0 Å². The first-order valence-corrected chi connectivity index (χ1v) is 7.32. The molecular weight excluding hydrogens is 264 g/mol. The Kier molecular flexibility index (Phi) is 5.82. The number of nitrogen functional groups attached to an aromatic ring is 1. The lowest BCUT2D eigenvalue weighted by Crippen LogP contribution is -2.10. The fourth-order valence-corrected chi connectivity index (χ4v) is 1.92. The van der Waals surface area contributed by atoms with Crippen molar-refractivity contribution in [3.8, 4) is 5.75 Å². The summed E-state index contributed by atoms with van der Waals surface area (Å²) in [6, 6.07) is 10.2. The van der Waals surface area contributed by atoms with Gasteiger partial charge in [0.05, 0.1) is 12.8 Å². The van der Waals surface area contributed by atoms with E-state index in [0.717, 1.165) is 25.8 Å². The van der Waals surface area contributed by atoms with Crippen LogP contribution >= 0.6 is 0 Å². The maximum absolute atomic E-state index is 5.78. The number of rotatable bonds is 8. The molecule has 5 nitrogen and oxygen atoms in total. The van der Waals surface area contributed by atoms with E-state index in [1.165, 1.54) is 5.56 Å². The molecule has 0 saturated carbocycles. The molecule has 3 N–H and O–H groups in total. The Bertz CT molecular complexity index is 545. The zero-order valence-electron chi connectivity index (χ0n) is 12.4. The Balaban J connectivity index is 1.92. The van der Waals surface area contributed by atoms with Gasteiger partial charge in [0.25, 0.3) is 0 Å². The van der Waals surface area contributed by atoms with E-state index in [1.807, 2.05) is 18.2 Å². The molecule has 0 saturated heterocycles. The van der Waals surface area contributed by atoms with Crippen LogP contribution in [-0.2, 0) is 6.42 Å². The van der Waals surface area contributed by atoms with Crippen LogP contribution < -0.4 is 15.8 Å². The van der Waals surface area contributed by atoms with Gasteiger partial charge >= 0.3 is 0 Å². The predicted molar refractivity (Wildman–Crippen MR) is 85.5 cm³/mol. The monoisotopic (exact) mass is 286 g/mol. The summed E-state index contributed by atoms with van der Waals surface area (Å²) < 4.78 is 5.78. The van der Waals surface area contributed by atoms with Gasteiger partial charge in [-0.05, 0) is 12.0 Å². The molecule has 5 heteroatoms. The van der Waals surface area contributed by atoms with Gasteiger partial charge in [0.1, 0.15) is 0 Å². The van der Waals surface area contributed by atoms with Crippen molar-refractivity contribution >= 4 is 11.8 Å². The van der Waals surface area contributed by atoms with E-state index in [1.54, 1.807) is 6.20 Å². The second-order valence-electron chi connectivity index (χ2n) is 4.81. The third kappa shape index (κ3) is 4.95. The van der Waals surface area contributed by atoms with E-state index in [-0.39, 0.29) is 5.95 Å². The zero-order chi connectivity index (χ0) is 14.9. The number of benzene rings is 1. The van der Waals surface area contributed by atoms with E-state index in [0.29, 0.717) is 18.2 Å². The lowest BCUT2D eigenvalue weighted by Gasteiger charge is -2.12. The minimum Gasteiger partial charge on any atom is -0.488 e. The summed E-state index contributed by atoms with van der Waals surface area (Å²) >= 11 is 0. The van der Waals surface area contributed by atoms with Crippen LogP contribution in [0.3, 0.4) is 0 Å². The summed E-state index contributed by atoms with van der Waals surface area (Å²) in [5, 5.41) is 3.25. The second-order valence-corrected chi connectivity index (χ2v) is 4.81. The number of unbranched alkanes of at least 4 members (excludes halogenated alkanes) is 1. The first kappa shape index (κ1) is 15.1. The van der Waals surface area contributed by atoms with Crippen molar-refractivity contribution in [3.05, 3.63) is 42.1 Å². The Hall–Kier alpha value is -2.30. The molecule has 0 bridgehead atoms. The Morgan fingerprint density at radius 1 is 1.24 bits per heavy atom. The average Bonchev–Trinajstić information content (AvgIpc) is 2.51. The minimum absolute atomic E-state index is 0.254. The average molecular weight is 286 g/mol. The number of nitrogens with one attached hydrogen (secondary N) is 1. The molecule has 0 aliphatic heterocycles. The molecule has 1 aromatic heterocycles. The molecule has 21 heavy (non-hydrogen) atoms. The van der Waals surface area contributed by atoms with E-state index in [9.17, 15) is 0 Å². The van der Waals surface area contributed by atoms with Crippen LogP contribution in [0.15, 0.2) is 36.5 Å². The Morgan fingerprint density at radius 2 is 2.05 bits per heavy atom. The van der Waals surface area contributed by atoms with Crippen LogP contribution in [0.2, 0.25) is 0 Å². The summed E-state index contributed by atoms with van der Waals surface area (Å²) in [4.78, 5) is 8.20. The fourth-order valence-electron chi connectivity index (χ4n) is 1.92. The SMILES string of the molecule is CCCCNc1nc(N)ncc1OCCc1ccccc1. The molecule has 1 aromatic carbocycles. The molecule has 0 aliphatic rings. The number of aromatic nitrogens is 2. The Labute approximate surface area is 125 Å². The predicted octanol–water partition coefficient (Wildman–Crippen LogP) is 2.89. The number of anilines is 2. The van der Waals surface area contributed by atoms with E-state index in [4.69, 9.17) is 10.5 Å². The van der Waals surface area contributed by atoms with Gasteiger partial charge in [-0.1, -0.05) is 43.7 Å². The summed E-state index contributed by atoms with van der Waals surface area (Å²) in [5.41, 5.74) is 6.88. The van der Waals surface area contributed by atoms with Gasteiger partial charge in [0.2, 0.25) is 5.95 Å². The number of nitrogens with two attached hydrogens (primary N) is 1. The highest BCUT2D eigenvalue weighted by atomic mass is 16.5. The van der Waals surface area contributed by atoms with Gasteiger partial charge in [-0.25, -0.2) is 4.98 Å². The third-order valence-corrected chi connectivity index (χ3v) is 3.09. The molecular formula is C16H22N4O. The van der Waals surface area contributed by atoms with E-state index >= 15 is 0 Å². The summed E-state index contributed by atoms with van der Waals surface area (Å²) in [7, 11) is 0. The maximum Gasteiger partial charge on any atom is 0.222 e. The van der Waals surface area contributed by atoms with Crippen LogP contribution in [0.25, 0.3) is 0 Å². The number of hydrogen-bond acceptors (Lipinski definition) is 5. The standard InChI is InChI=1S/C16H22N4O/c1-2-3-10-18-15-14(12-19-16(17)20-15)21-11-9-13-7-5-4-6-8-13/h4-8,12H,2-3,9-11H2,1H3,(H3,17,18,19,20). The Morgan fingerprint density at radius 3 is 2.81 bits per heavy atom. The number of hydrogen-bond donors (Lipinski definition) is 2. The normalized spacial score (nSPS) is 10.3. The van der Waals surface area contributed by atoms with Gasteiger partial charge in [0.15, 0.2) is 11.6 Å². The van der Waals surface area contributed by atoms with Crippen LogP contribution in [0.1, 0.15) is 25.3 Å². The smallest absolute Gasteiger partial charge is 0.222 e. The molecule has 0 amide bonds. The molecule has 2 rings (SSSR count). The molecule has 0 unspecified atom stereocenters. The van der Waals surface area contributed by atoms with Crippen molar-refractivity contribution in [2.24, 2.45) is 0 Å². The molecule has 0 atom stereocenters. The molecule has 112 valence electrons. The highest BCUT2D eigenvalue weighted by Crippen LogP contribution is 2.21. The molecule has 0 radical (unpaired) electrons. The highest BCUT2D eigenvalue weighted by molar-refractivity contribution is 5.51. The van der Waals surface area contributed by atoms with E-state index in [2.05, 4.69) is 34.3 Å². The van der Waals surface area contributed by atoms with Crippen LogP contribution in [-0.4, -0.2) is 23.1 Å². The van der Waals surface area contributed by atoms with Crippen LogP contribution in [0.4, 0.5) is 11.8 Å². The molecule has 0 aliphatic carbocycles. The number of ether oxygens (including phenoxy) is 1. The van der Waals surface area contributed by atoms with Crippen molar-refractivity contribution in [2.45, 2.75) is 26.2 Å². The largest absolute Gasteiger partial charge is 0.488 e. The van der Waals surface area contributed by atoms with Crippen molar-refractivity contribution in [1.82, 2.24) is 9.97 Å². The van der Waals surface area contributed by atoms with Crippen molar-refractivity contribution in [1.29, 1.82) is 0 Å². The molecule has 2 aromatic rings. The molecule has 0 spiro atoms.